The molecule has 1 saturated carbocycles. The average molecular weight is 459 g/mol. The van der Waals surface area contributed by atoms with Gasteiger partial charge in [-0.1, -0.05) is 0 Å². The number of phenols is 1. The Hall–Kier alpha value is -3.57. The zero-order valence-electron chi connectivity index (χ0n) is 18.2. The molecule has 3 aliphatic carbocycles. The zero-order valence-corrected chi connectivity index (χ0v) is 18.2. The number of carbonyl (C=O) groups is 3. The molecule has 0 heterocycles. The molecule has 4 atom stereocenters. The van der Waals surface area contributed by atoms with E-state index in [0.29, 0.717) is 11.3 Å². The largest absolute Gasteiger partial charge is 0.508 e. The summed E-state index contributed by atoms with van der Waals surface area (Å²) < 4.78 is 5.34. The van der Waals surface area contributed by atoms with E-state index in [1.807, 2.05) is 0 Å². The molecule has 0 unspecified atom stereocenters. The molecule has 1 amide bonds. The van der Waals surface area contributed by atoms with Crippen LogP contribution in [0.2, 0.25) is 0 Å². The Balaban J connectivity index is 2.00. The number of aliphatic hydroxyl groups excluding tert-OH is 2. The fourth-order valence-corrected chi connectivity index (χ4v) is 5.48. The van der Waals surface area contributed by atoms with Crippen LogP contribution in [0, 0.1) is 11.8 Å². The minimum Gasteiger partial charge on any atom is -0.508 e. The molecule has 0 aromatic heterocycles. The third kappa shape index (κ3) is 2.79. The number of ether oxygens (including phenoxy) is 1. The maximum absolute atomic E-state index is 13.7. The molecule has 1 fully saturated rings. The van der Waals surface area contributed by atoms with E-state index in [9.17, 15) is 34.8 Å². The smallest absolute Gasteiger partial charge is 0.255 e. The number of anilines is 1. The van der Waals surface area contributed by atoms with Crippen LogP contribution in [0.3, 0.4) is 0 Å². The average Bonchev–Trinajstić information content (AvgIpc) is 2.72. The lowest BCUT2D eigenvalue weighted by Gasteiger charge is -2.50. The molecule has 176 valence electrons. The summed E-state index contributed by atoms with van der Waals surface area (Å²) in [5.74, 6) is -6.89. The van der Waals surface area contributed by atoms with E-state index >= 15 is 0 Å². The number of carbonyl (C=O) groups excluding carboxylic acids is 3. The maximum Gasteiger partial charge on any atom is 0.255 e. The molecule has 4 rings (SSSR count). The van der Waals surface area contributed by atoms with Gasteiger partial charge in [-0.15, -0.1) is 0 Å². The van der Waals surface area contributed by atoms with Crippen molar-refractivity contribution in [3.8, 4) is 11.5 Å². The van der Waals surface area contributed by atoms with Crippen LogP contribution in [0.4, 0.5) is 5.69 Å². The molecule has 1 aromatic carbocycles. The quantitative estimate of drug-likeness (QED) is 0.196. The summed E-state index contributed by atoms with van der Waals surface area (Å²) in [7, 11) is 4.47. The van der Waals surface area contributed by atoms with Gasteiger partial charge in [-0.25, -0.2) is 0 Å². The summed E-state index contributed by atoms with van der Waals surface area (Å²) in [6, 6.07) is 0.262. The minimum absolute atomic E-state index is 0.0000541. The van der Waals surface area contributed by atoms with Crippen LogP contribution in [-0.4, -0.2) is 75.6 Å². The number of fused-ring (bicyclic) bond motifs is 3. The highest BCUT2D eigenvalue weighted by atomic mass is 16.5. The number of rotatable bonds is 3. The van der Waals surface area contributed by atoms with E-state index in [1.54, 1.807) is 0 Å². The third-order valence-electron chi connectivity index (χ3n) is 6.93. The van der Waals surface area contributed by atoms with Crippen molar-refractivity contribution in [2.45, 2.75) is 24.5 Å². The van der Waals surface area contributed by atoms with Gasteiger partial charge in [-0.2, -0.15) is 0 Å². The van der Waals surface area contributed by atoms with Crippen LogP contribution in [0.1, 0.15) is 17.5 Å². The van der Waals surface area contributed by atoms with Gasteiger partial charge in [-0.05, 0) is 32.9 Å². The van der Waals surface area contributed by atoms with Crippen LogP contribution in [0.25, 0.3) is 5.76 Å². The van der Waals surface area contributed by atoms with E-state index in [1.165, 1.54) is 32.2 Å². The SMILES string of the molecule is COc1cc(N)c(O)c2c1C[C@H]1C[C@H]3[C@H](N(C)C)C(=O)C(C(N)=O)=C(O)[C@@]3(O)C(=O)C1=C2O. The lowest BCUT2D eigenvalue weighted by molar-refractivity contribution is -0.153. The summed E-state index contributed by atoms with van der Waals surface area (Å²) in [6.45, 7) is 0. The number of hydrogen-bond donors (Lipinski definition) is 6. The van der Waals surface area contributed by atoms with E-state index in [4.69, 9.17) is 16.2 Å². The first-order valence-electron chi connectivity index (χ1n) is 10.2. The number of methoxy groups -OCH3 is 1. The van der Waals surface area contributed by atoms with E-state index in [0.717, 1.165) is 0 Å². The minimum atomic E-state index is -2.68. The number of aliphatic hydroxyl groups is 3. The van der Waals surface area contributed by atoms with E-state index in [-0.39, 0.29) is 29.7 Å². The molecular weight excluding hydrogens is 434 g/mol. The normalized spacial score (nSPS) is 29.1. The Bertz CT molecular complexity index is 1180. The molecule has 0 bridgehead atoms. The Morgan fingerprint density at radius 1 is 1.24 bits per heavy atom. The number of hydrogen-bond acceptors (Lipinski definition) is 10. The second-order valence-corrected chi connectivity index (χ2v) is 8.83. The number of phenolic OH excluding ortho intramolecular Hbond substituents is 1. The molecule has 8 N–H and O–H groups in total. The van der Waals surface area contributed by atoms with Crippen LogP contribution in [0.5, 0.6) is 11.5 Å². The second kappa shape index (κ2) is 7.22. The predicted octanol–water partition coefficient (Wildman–Crippen LogP) is -0.445. The number of nitrogens with two attached hydrogens (primary N) is 2. The van der Waals surface area contributed by atoms with Gasteiger partial charge in [0.1, 0.15) is 28.6 Å². The van der Waals surface area contributed by atoms with Crippen LogP contribution < -0.4 is 16.2 Å². The number of benzene rings is 1. The summed E-state index contributed by atoms with van der Waals surface area (Å²) in [6.07, 6.45) is 0.131. The second-order valence-electron chi connectivity index (χ2n) is 8.83. The first-order valence-corrected chi connectivity index (χ1v) is 10.2. The van der Waals surface area contributed by atoms with Gasteiger partial charge < -0.3 is 36.6 Å². The van der Waals surface area contributed by atoms with Gasteiger partial charge in [0, 0.05) is 23.1 Å². The third-order valence-corrected chi connectivity index (χ3v) is 6.93. The molecule has 0 saturated heterocycles. The molecule has 3 aliphatic rings. The van der Waals surface area contributed by atoms with Gasteiger partial charge in [0.15, 0.2) is 11.4 Å². The molecule has 0 spiro atoms. The lowest BCUT2D eigenvalue weighted by Crippen LogP contribution is -2.65. The Morgan fingerprint density at radius 3 is 2.42 bits per heavy atom. The first kappa shape index (κ1) is 22.6. The summed E-state index contributed by atoms with van der Waals surface area (Å²) in [5, 5.41) is 43.8. The Morgan fingerprint density at radius 2 is 1.88 bits per heavy atom. The maximum atomic E-state index is 13.7. The van der Waals surface area contributed by atoms with Crippen molar-refractivity contribution in [3.05, 3.63) is 34.1 Å². The summed E-state index contributed by atoms with van der Waals surface area (Å²) >= 11 is 0. The van der Waals surface area contributed by atoms with Gasteiger partial charge in [-0.3, -0.25) is 19.3 Å². The highest BCUT2D eigenvalue weighted by molar-refractivity contribution is 6.24. The number of Topliss-reactive ketones (excluding diaryl/α,β-unsaturated/α-hetero) is 2. The number of nitrogens with zero attached hydrogens (tertiary/aromatic N) is 1. The van der Waals surface area contributed by atoms with Gasteiger partial charge in [0.05, 0.1) is 24.4 Å². The molecule has 11 heteroatoms. The van der Waals surface area contributed by atoms with Crippen LogP contribution in [-0.2, 0) is 20.8 Å². The number of nitrogen functional groups attached to an aromatic ring is 1. The van der Waals surface area contributed by atoms with Crippen LogP contribution in [0.15, 0.2) is 23.0 Å². The van der Waals surface area contributed by atoms with Crippen molar-refractivity contribution in [3.63, 3.8) is 0 Å². The van der Waals surface area contributed by atoms with Crippen molar-refractivity contribution >= 4 is 28.9 Å². The molecule has 33 heavy (non-hydrogen) atoms. The van der Waals surface area contributed by atoms with Crippen molar-refractivity contribution < 1.29 is 39.5 Å². The number of aromatic hydroxyl groups is 1. The topological polar surface area (TPSA) is 197 Å². The number of ketones is 2. The zero-order chi connectivity index (χ0) is 24.6. The molecule has 11 nitrogen and oxygen atoms in total. The highest BCUT2D eigenvalue weighted by Crippen LogP contribution is 2.54. The van der Waals surface area contributed by atoms with Crippen molar-refractivity contribution in [2.24, 2.45) is 17.6 Å². The highest BCUT2D eigenvalue weighted by Gasteiger charge is 2.64. The van der Waals surface area contributed by atoms with Gasteiger partial charge in [0.25, 0.3) is 5.91 Å². The predicted molar refractivity (Wildman–Crippen MR) is 115 cm³/mol. The summed E-state index contributed by atoms with van der Waals surface area (Å²) in [4.78, 5) is 40.1. The van der Waals surface area contributed by atoms with Gasteiger partial charge in [0.2, 0.25) is 5.78 Å². The van der Waals surface area contributed by atoms with Gasteiger partial charge >= 0.3 is 0 Å². The Kier molecular flexibility index (Phi) is 4.95. The monoisotopic (exact) mass is 459 g/mol. The Labute approximate surface area is 188 Å². The van der Waals surface area contributed by atoms with Crippen molar-refractivity contribution in [1.82, 2.24) is 4.90 Å². The van der Waals surface area contributed by atoms with E-state index < -0.39 is 63.8 Å². The lowest BCUT2D eigenvalue weighted by atomic mass is 9.57. The standard InChI is InChI=1S/C22H25N3O8/c1-25(2)15-9-5-7-4-8-11(33-3)6-10(23)16(26)13(8)17(27)12(7)19(29)22(9,32)20(30)14(18(15)28)21(24)31/h6-7,9,15,26-27,30,32H,4-5,23H2,1-3H3,(H2,24,31)/t7-,9-,15-,22-/m0/s1. The fraction of sp³-hybridized carbons (Fsp3) is 0.409. The van der Waals surface area contributed by atoms with E-state index in [2.05, 4.69) is 0 Å². The molecular formula is C22H25N3O8. The van der Waals surface area contributed by atoms with Crippen molar-refractivity contribution in [1.29, 1.82) is 0 Å². The number of primary amides is 1. The van der Waals surface area contributed by atoms with Crippen molar-refractivity contribution in [2.75, 3.05) is 26.9 Å². The first-order chi connectivity index (χ1) is 15.4. The number of amides is 1. The molecule has 0 aliphatic heterocycles. The fourth-order valence-electron chi connectivity index (χ4n) is 5.48. The molecule has 0 radical (unpaired) electrons. The molecule has 1 aromatic rings. The number of likely N-dealkylation sites (N-methyl/N-ethyl adjacent to an activating group) is 1. The van der Waals surface area contributed by atoms with Crippen LogP contribution >= 0.6 is 0 Å². The summed E-state index contributed by atoms with van der Waals surface area (Å²) in [5.41, 5.74) is 7.54.